The molecule has 0 saturated carbocycles. The maximum atomic E-state index is 12.1. The Morgan fingerprint density at radius 2 is 1.63 bits per heavy atom. The zero-order valence-corrected chi connectivity index (χ0v) is 14.6. The molecule has 0 aliphatic heterocycles. The molecule has 0 radical (unpaired) electrons. The predicted octanol–water partition coefficient (Wildman–Crippen LogP) is 3.10. The molecule has 0 unspecified atom stereocenters. The lowest BCUT2D eigenvalue weighted by molar-refractivity contribution is -0.138. The molecule has 0 spiro atoms. The molecule has 8 heteroatoms. The number of anilines is 1. The van der Waals surface area contributed by atoms with E-state index in [9.17, 15) is 22.8 Å². The summed E-state index contributed by atoms with van der Waals surface area (Å²) < 4.78 is 41.3. The number of hydrogen-bond donors (Lipinski definition) is 2. The van der Waals surface area contributed by atoms with E-state index in [0.29, 0.717) is 17.0 Å². The molecule has 0 heterocycles. The highest BCUT2D eigenvalue weighted by molar-refractivity contribution is 5.92. The molecule has 144 valence electrons. The Bertz CT molecular complexity index is 790. The van der Waals surface area contributed by atoms with Gasteiger partial charge in [-0.05, 0) is 35.4 Å². The number of alkyl halides is 3. The topological polar surface area (TPSA) is 67.4 Å². The maximum absolute atomic E-state index is 12.1. The molecule has 2 aromatic carbocycles. The third-order valence-electron chi connectivity index (χ3n) is 3.59. The van der Waals surface area contributed by atoms with Gasteiger partial charge in [-0.25, -0.2) is 0 Å². The van der Waals surface area contributed by atoms with Crippen LogP contribution in [-0.2, 0) is 22.4 Å². The fourth-order valence-electron chi connectivity index (χ4n) is 2.33. The zero-order valence-electron chi connectivity index (χ0n) is 14.6. The van der Waals surface area contributed by atoms with Gasteiger partial charge in [0.2, 0.25) is 11.8 Å². The first-order chi connectivity index (χ1) is 12.7. The monoisotopic (exact) mass is 380 g/mol. The number of benzene rings is 2. The van der Waals surface area contributed by atoms with Crippen molar-refractivity contribution in [2.24, 2.45) is 0 Å². The zero-order chi connectivity index (χ0) is 19.9. The van der Waals surface area contributed by atoms with Crippen LogP contribution in [-0.4, -0.2) is 31.6 Å². The van der Waals surface area contributed by atoms with Crippen LogP contribution >= 0.6 is 0 Å². The fourth-order valence-corrected chi connectivity index (χ4v) is 2.33. The van der Waals surface area contributed by atoms with Crippen molar-refractivity contribution in [2.75, 3.05) is 19.0 Å². The molecule has 0 saturated heterocycles. The van der Waals surface area contributed by atoms with Crippen molar-refractivity contribution in [1.82, 2.24) is 5.32 Å². The van der Waals surface area contributed by atoms with Gasteiger partial charge in [-0.3, -0.25) is 9.59 Å². The summed E-state index contributed by atoms with van der Waals surface area (Å²) in [5, 5.41) is 4.54. The van der Waals surface area contributed by atoms with Gasteiger partial charge in [0, 0.05) is 5.69 Å². The third-order valence-corrected chi connectivity index (χ3v) is 3.59. The van der Waals surface area contributed by atoms with Crippen LogP contribution in [0.25, 0.3) is 0 Å². The Morgan fingerprint density at radius 3 is 2.26 bits per heavy atom. The minimum atomic E-state index is -4.44. The number of methoxy groups -OCH3 is 1. The summed E-state index contributed by atoms with van der Waals surface area (Å²) in [5.74, 6) is -0.283. The second-order valence-electron chi connectivity index (χ2n) is 5.84. The lowest BCUT2D eigenvalue weighted by Gasteiger charge is -2.09. The minimum Gasteiger partial charge on any atom is -0.497 e. The van der Waals surface area contributed by atoms with Crippen LogP contribution in [0.1, 0.15) is 11.1 Å². The van der Waals surface area contributed by atoms with Crippen molar-refractivity contribution in [1.29, 1.82) is 0 Å². The van der Waals surface area contributed by atoms with Gasteiger partial charge in [-0.15, -0.1) is 0 Å². The highest BCUT2D eigenvalue weighted by Gasteiger charge is 2.27. The molecule has 0 aliphatic carbocycles. The molecule has 0 fully saturated rings. The second-order valence-corrected chi connectivity index (χ2v) is 5.84. The van der Waals surface area contributed by atoms with Crippen LogP contribution in [0.3, 0.4) is 0 Å². The van der Waals surface area contributed by atoms with Crippen LogP contribution in [0.4, 0.5) is 18.9 Å². The fraction of sp³-hybridized carbons (Fsp3) is 0.263. The van der Waals surface area contributed by atoms with Crippen molar-refractivity contribution in [3.05, 3.63) is 59.7 Å². The van der Waals surface area contributed by atoms with Crippen LogP contribution in [0.5, 0.6) is 5.75 Å². The average molecular weight is 380 g/mol. The second kappa shape index (κ2) is 9.07. The molecule has 2 N–H and O–H groups in total. The standard InChI is InChI=1S/C19H19F3N2O3/c1-27-16-4-2-3-14(9-16)11-18(26)24-15-7-5-13(6-8-15)10-17(25)23-12-19(20,21)22/h2-9H,10-12H2,1H3,(H,23,25)(H,24,26). The lowest BCUT2D eigenvalue weighted by atomic mass is 10.1. The van der Waals surface area contributed by atoms with Crippen molar-refractivity contribution in [3.8, 4) is 5.75 Å². The molecule has 0 atom stereocenters. The van der Waals surface area contributed by atoms with Crippen LogP contribution in [0.15, 0.2) is 48.5 Å². The first kappa shape index (κ1) is 20.3. The first-order valence-electron chi connectivity index (χ1n) is 8.10. The number of hydrogen-bond acceptors (Lipinski definition) is 3. The van der Waals surface area contributed by atoms with Gasteiger partial charge >= 0.3 is 6.18 Å². The van der Waals surface area contributed by atoms with Crippen LogP contribution in [0.2, 0.25) is 0 Å². The molecule has 2 amide bonds. The summed E-state index contributed by atoms with van der Waals surface area (Å²) in [5.41, 5.74) is 1.87. The summed E-state index contributed by atoms with van der Waals surface area (Å²) in [6.45, 7) is -1.36. The first-order valence-corrected chi connectivity index (χ1v) is 8.10. The highest BCUT2D eigenvalue weighted by atomic mass is 19.4. The number of carbonyl (C=O) groups is 2. The molecule has 0 bridgehead atoms. The van der Waals surface area contributed by atoms with Gasteiger partial charge in [-0.2, -0.15) is 13.2 Å². The molecule has 0 aliphatic rings. The number of amides is 2. The van der Waals surface area contributed by atoms with Gasteiger partial charge in [0.25, 0.3) is 0 Å². The molecule has 2 rings (SSSR count). The van der Waals surface area contributed by atoms with E-state index in [1.165, 1.54) is 0 Å². The van der Waals surface area contributed by atoms with Gasteiger partial charge in [0.15, 0.2) is 0 Å². The largest absolute Gasteiger partial charge is 0.497 e. The summed E-state index contributed by atoms with van der Waals surface area (Å²) in [7, 11) is 1.55. The summed E-state index contributed by atoms with van der Waals surface area (Å²) in [4.78, 5) is 23.6. The van der Waals surface area contributed by atoms with Crippen molar-refractivity contribution >= 4 is 17.5 Å². The predicted molar refractivity (Wildman–Crippen MR) is 94.5 cm³/mol. The number of ether oxygens (including phenoxy) is 1. The van der Waals surface area contributed by atoms with E-state index in [1.54, 1.807) is 49.6 Å². The Kier molecular flexibility index (Phi) is 6.81. The van der Waals surface area contributed by atoms with Crippen molar-refractivity contribution in [3.63, 3.8) is 0 Å². The number of rotatable bonds is 7. The number of halogens is 3. The molecule has 0 aromatic heterocycles. The van der Waals surface area contributed by atoms with E-state index < -0.39 is 18.6 Å². The lowest BCUT2D eigenvalue weighted by Crippen LogP contribution is -2.34. The molecule has 5 nitrogen and oxygen atoms in total. The Labute approximate surface area is 154 Å². The van der Waals surface area contributed by atoms with Crippen molar-refractivity contribution in [2.45, 2.75) is 19.0 Å². The maximum Gasteiger partial charge on any atom is 0.405 e. The van der Waals surface area contributed by atoms with E-state index in [-0.39, 0.29) is 18.7 Å². The molecule has 2 aromatic rings. The molecular weight excluding hydrogens is 361 g/mol. The van der Waals surface area contributed by atoms with Gasteiger partial charge in [0.1, 0.15) is 12.3 Å². The summed E-state index contributed by atoms with van der Waals surface area (Å²) in [6, 6.07) is 13.5. The van der Waals surface area contributed by atoms with Crippen LogP contribution < -0.4 is 15.4 Å². The number of carbonyl (C=O) groups excluding carboxylic acids is 2. The molecule has 27 heavy (non-hydrogen) atoms. The van der Waals surface area contributed by atoms with Gasteiger partial charge in [-0.1, -0.05) is 24.3 Å². The quantitative estimate of drug-likeness (QED) is 0.776. The van der Waals surface area contributed by atoms with E-state index in [1.807, 2.05) is 11.4 Å². The Morgan fingerprint density at radius 1 is 0.963 bits per heavy atom. The number of nitrogens with one attached hydrogen (secondary N) is 2. The van der Waals surface area contributed by atoms with E-state index in [2.05, 4.69) is 5.32 Å². The highest BCUT2D eigenvalue weighted by Crippen LogP contribution is 2.15. The van der Waals surface area contributed by atoms with Gasteiger partial charge < -0.3 is 15.4 Å². The van der Waals surface area contributed by atoms with E-state index in [0.717, 1.165) is 5.56 Å². The third kappa shape index (κ3) is 7.39. The van der Waals surface area contributed by atoms with E-state index >= 15 is 0 Å². The molecular formula is C19H19F3N2O3. The average Bonchev–Trinajstić information content (AvgIpc) is 2.61. The SMILES string of the molecule is COc1cccc(CC(=O)Nc2ccc(CC(=O)NCC(F)(F)F)cc2)c1. The summed E-state index contributed by atoms with van der Waals surface area (Å²) in [6.07, 6.45) is -4.44. The summed E-state index contributed by atoms with van der Waals surface area (Å²) >= 11 is 0. The van der Waals surface area contributed by atoms with Crippen LogP contribution in [0, 0.1) is 0 Å². The Hall–Kier alpha value is -3.03. The normalized spacial score (nSPS) is 11.0. The Balaban J connectivity index is 1.85. The minimum absolute atomic E-state index is 0.165. The van der Waals surface area contributed by atoms with Gasteiger partial charge in [0.05, 0.1) is 20.0 Å². The van der Waals surface area contributed by atoms with E-state index in [4.69, 9.17) is 4.74 Å². The van der Waals surface area contributed by atoms with Crippen molar-refractivity contribution < 1.29 is 27.5 Å². The smallest absolute Gasteiger partial charge is 0.405 e.